The van der Waals surface area contributed by atoms with E-state index in [9.17, 15) is 39.5 Å². The maximum absolute atomic E-state index is 13.4. The molecular formula is C26H31N3O10. The number of nitrogens with one attached hydrogen (secondary N) is 1. The number of nitro groups is 1. The van der Waals surface area contributed by atoms with Crippen molar-refractivity contribution >= 4 is 29.7 Å². The van der Waals surface area contributed by atoms with Gasteiger partial charge in [0.15, 0.2) is 5.92 Å². The van der Waals surface area contributed by atoms with Crippen LogP contribution in [0.15, 0.2) is 48.7 Å². The highest BCUT2D eigenvalue weighted by Crippen LogP contribution is 2.32. The Morgan fingerprint density at radius 3 is 2.13 bits per heavy atom. The van der Waals surface area contributed by atoms with Crippen molar-refractivity contribution < 1.29 is 43.8 Å². The molecule has 1 aromatic heterocycles. The molecule has 0 aliphatic rings. The van der Waals surface area contributed by atoms with E-state index in [0.29, 0.717) is 5.56 Å². The van der Waals surface area contributed by atoms with E-state index in [2.05, 4.69) is 10.3 Å². The van der Waals surface area contributed by atoms with Gasteiger partial charge in [-0.15, -0.1) is 0 Å². The van der Waals surface area contributed by atoms with Crippen LogP contribution in [0.1, 0.15) is 51.8 Å². The molecule has 2 atom stereocenters. The quantitative estimate of drug-likeness (QED) is 0.153. The second kappa shape index (κ2) is 12.8. The monoisotopic (exact) mass is 545 g/mol. The number of carboxylic acid groups (broad SMARTS) is 2. The van der Waals surface area contributed by atoms with Crippen LogP contribution in [0.25, 0.3) is 0 Å². The molecule has 2 rings (SSSR count). The van der Waals surface area contributed by atoms with Crippen molar-refractivity contribution in [2.75, 3.05) is 0 Å². The van der Waals surface area contributed by atoms with Crippen molar-refractivity contribution in [3.8, 4) is 0 Å². The highest BCUT2D eigenvalue weighted by atomic mass is 16.6. The second-order valence-corrected chi connectivity index (χ2v) is 10.00. The average molecular weight is 546 g/mol. The number of esters is 1. The summed E-state index contributed by atoms with van der Waals surface area (Å²) in [6, 6.07) is 9.70. The molecule has 0 saturated carbocycles. The highest BCUT2D eigenvalue weighted by Gasteiger charge is 2.43. The minimum Gasteiger partial charge on any atom is -0.481 e. The molecular weight excluding hydrogens is 514 g/mol. The number of amides is 1. The van der Waals surface area contributed by atoms with E-state index in [0.717, 1.165) is 12.3 Å². The van der Waals surface area contributed by atoms with Crippen molar-refractivity contribution in [2.45, 2.75) is 64.2 Å². The van der Waals surface area contributed by atoms with Crippen molar-refractivity contribution in [2.24, 2.45) is 5.92 Å². The predicted octanol–water partition coefficient (Wildman–Crippen LogP) is 3.45. The molecule has 210 valence electrons. The number of hydrogen-bond donors (Lipinski definition) is 3. The summed E-state index contributed by atoms with van der Waals surface area (Å²) in [7, 11) is 0. The lowest BCUT2D eigenvalue weighted by Crippen LogP contribution is -2.49. The molecule has 2 aromatic rings. The number of ether oxygens (including phenoxy) is 2. The fourth-order valence-electron chi connectivity index (χ4n) is 3.71. The van der Waals surface area contributed by atoms with Gasteiger partial charge in [-0.1, -0.05) is 30.3 Å². The molecule has 1 unspecified atom stereocenters. The van der Waals surface area contributed by atoms with Gasteiger partial charge in [0.2, 0.25) is 0 Å². The van der Waals surface area contributed by atoms with Gasteiger partial charge in [0, 0.05) is 6.07 Å². The van der Waals surface area contributed by atoms with Crippen LogP contribution in [0.4, 0.5) is 10.5 Å². The first-order valence-electron chi connectivity index (χ1n) is 11.9. The van der Waals surface area contributed by atoms with Crippen LogP contribution >= 0.6 is 0 Å². The van der Waals surface area contributed by atoms with Crippen molar-refractivity contribution in [1.82, 2.24) is 10.3 Å². The lowest BCUT2D eigenvalue weighted by Gasteiger charge is -2.30. The topological polar surface area (TPSA) is 195 Å². The Morgan fingerprint density at radius 2 is 1.64 bits per heavy atom. The Bertz CT molecular complexity index is 1180. The van der Waals surface area contributed by atoms with Crippen molar-refractivity contribution in [1.29, 1.82) is 0 Å². The van der Waals surface area contributed by atoms with E-state index < -0.39 is 51.9 Å². The lowest BCUT2D eigenvalue weighted by molar-refractivity contribution is -0.385. The SMILES string of the molecule is CC(C)(C)OC(=O)N[C@@H](CCC(C)(C(=O)OCc1ccccc1)c1ccc([N+](=O)[O-])cn1)C(C(=O)O)C(=O)O. The van der Waals surface area contributed by atoms with Gasteiger partial charge in [0.25, 0.3) is 5.69 Å². The van der Waals surface area contributed by atoms with E-state index in [-0.39, 0.29) is 30.8 Å². The van der Waals surface area contributed by atoms with Gasteiger partial charge in [0.1, 0.15) is 23.8 Å². The number of carbonyl (C=O) groups is 4. The van der Waals surface area contributed by atoms with Gasteiger partial charge in [0.05, 0.1) is 16.7 Å². The zero-order valence-electron chi connectivity index (χ0n) is 21.9. The van der Waals surface area contributed by atoms with Gasteiger partial charge in [-0.25, -0.2) is 4.79 Å². The molecule has 0 aliphatic carbocycles. The molecule has 13 heteroatoms. The molecule has 0 aliphatic heterocycles. The molecule has 0 spiro atoms. The maximum atomic E-state index is 13.4. The molecule has 13 nitrogen and oxygen atoms in total. The van der Waals surface area contributed by atoms with E-state index in [1.54, 1.807) is 51.1 Å². The van der Waals surface area contributed by atoms with Crippen LogP contribution in [0.2, 0.25) is 0 Å². The molecule has 3 N–H and O–H groups in total. The van der Waals surface area contributed by atoms with Crippen LogP contribution in [0, 0.1) is 16.0 Å². The lowest BCUT2D eigenvalue weighted by atomic mass is 9.79. The molecule has 0 fully saturated rings. The Morgan fingerprint density at radius 1 is 1.03 bits per heavy atom. The Hall–Kier alpha value is -4.55. The van der Waals surface area contributed by atoms with Gasteiger partial charge in [-0.3, -0.25) is 29.5 Å². The number of nitrogens with zero attached hydrogens (tertiary/aromatic N) is 2. The van der Waals surface area contributed by atoms with E-state index in [1.165, 1.54) is 13.0 Å². The summed E-state index contributed by atoms with van der Waals surface area (Å²) < 4.78 is 10.7. The third-order valence-corrected chi connectivity index (χ3v) is 5.78. The number of aliphatic carboxylic acids is 2. The zero-order chi connectivity index (χ0) is 29.4. The third-order valence-electron chi connectivity index (χ3n) is 5.78. The summed E-state index contributed by atoms with van der Waals surface area (Å²) in [6.45, 7) is 6.07. The molecule has 1 heterocycles. The summed E-state index contributed by atoms with van der Waals surface area (Å²) in [5.74, 6) is -6.26. The summed E-state index contributed by atoms with van der Waals surface area (Å²) in [5.41, 5.74) is -2.11. The number of carbonyl (C=O) groups excluding carboxylic acids is 2. The average Bonchev–Trinajstić information content (AvgIpc) is 2.84. The summed E-state index contributed by atoms with van der Waals surface area (Å²) in [6.07, 6.45) is -0.630. The minimum absolute atomic E-state index is 0.0735. The second-order valence-electron chi connectivity index (χ2n) is 10.00. The van der Waals surface area contributed by atoms with Gasteiger partial charge in [-0.2, -0.15) is 0 Å². The number of alkyl carbamates (subject to hydrolysis) is 1. The first-order valence-corrected chi connectivity index (χ1v) is 11.9. The summed E-state index contributed by atoms with van der Waals surface area (Å²) in [4.78, 5) is 63.9. The van der Waals surface area contributed by atoms with E-state index >= 15 is 0 Å². The van der Waals surface area contributed by atoms with Crippen LogP contribution in [-0.4, -0.2) is 55.8 Å². The maximum Gasteiger partial charge on any atom is 0.407 e. The number of aromatic nitrogens is 1. The summed E-state index contributed by atoms with van der Waals surface area (Å²) >= 11 is 0. The first kappa shape index (κ1) is 30.7. The molecule has 1 amide bonds. The van der Waals surface area contributed by atoms with Gasteiger partial charge < -0.3 is 25.0 Å². The predicted molar refractivity (Wildman–Crippen MR) is 136 cm³/mol. The van der Waals surface area contributed by atoms with Crippen LogP contribution in [-0.2, 0) is 35.9 Å². The first-order chi connectivity index (χ1) is 18.1. The number of rotatable bonds is 12. The van der Waals surface area contributed by atoms with Crippen LogP contribution < -0.4 is 5.32 Å². The van der Waals surface area contributed by atoms with Crippen LogP contribution in [0.5, 0.6) is 0 Å². The third kappa shape index (κ3) is 8.76. The van der Waals surface area contributed by atoms with Crippen molar-refractivity contribution in [3.05, 3.63) is 70.0 Å². The zero-order valence-corrected chi connectivity index (χ0v) is 21.9. The van der Waals surface area contributed by atoms with Gasteiger partial charge in [-0.05, 0) is 52.2 Å². The molecule has 0 saturated heterocycles. The molecule has 39 heavy (non-hydrogen) atoms. The number of benzene rings is 1. The molecule has 1 aromatic carbocycles. The fourth-order valence-corrected chi connectivity index (χ4v) is 3.71. The van der Waals surface area contributed by atoms with Crippen molar-refractivity contribution in [3.63, 3.8) is 0 Å². The minimum atomic E-state index is -2.06. The van der Waals surface area contributed by atoms with E-state index in [4.69, 9.17) is 9.47 Å². The van der Waals surface area contributed by atoms with Gasteiger partial charge >= 0.3 is 24.0 Å². The Labute approximate surface area is 224 Å². The Kier molecular flexibility index (Phi) is 10.1. The normalized spacial score (nSPS) is 13.6. The fraction of sp³-hybridized carbons (Fsp3) is 0.423. The van der Waals surface area contributed by atoms with E-state index in [1.807, 2.05) is 0 Å². The highest BCUT2D eigenvalue weighted by molar-refractivity contribution is 5.94. The largest absolute Gasteiger partial charge is 0.481 e. The number of hydrogen-bond acceptors (Lipinski definition) is 9. The number of carboxylic acids is 2. The molecule has 0 bridgehead atoms. The Balaban J connectivity index is 2.41. The standard InChI is InChI=1S/C26H31N3O10/c1-25(2,3)39-24(35)28-18(20(21(30)31)22(32)33)12-13-26(4,19-11-10-17(14-27-19)29(36)37)23(34)38-15-16-8-6-5-7-9-16/h5-11,14,18,20H,12-13,15H2,1-4H3,(H,28,35)(H,30,31)(H,32,33)/t18-,26?/m0/s1. The number of pyridine rings is 1. The molecule has 0 radical (unpaired) electrons. The smallest absolute Gasteiger partial charge is 0.407 e. The van der Waals surface area contributed by atoms with Crippen LogP contribution in [0.3, 0.4) is 0 Å². The summed E-state index contributed by atoms with van der Waals surface area (Å²) in [5, 5.41) is 32.5.